The average Bonchev–Trinajstić information content (AvgIpc) is 2.17. The van der Waals surface area contributed by atoms with Gasteiger partial charge in [-0.05, 0) is 34.7 Å². The smallest absolute Gasteiger partial charge is 0.293 e. The molecule has 0 bridgehead atoms. The first-order chi connectivity index (χ1) is 7.33. The molecule has 98 valence electrons. The van der Waals surface area contributed by atoms with Crippen molar-refractivity contribution in [2.45, 2.75) is 39.7 Å². The third kappa shape index (κ3) is 38.1. The molecule has 0 fully saturated rings. The predicted molar refractivity (Wildman–Crippen MR) is 64.2 cm³/mol. The molecule has 0 saturated heterocycles. The van der Waals surface area contributed by atoms with E-state index >= 15 is 0 Å². The second-order valence-corrected chi connectivity index (χ2v) is 3.77. The first-order valence-corrected chi connectivity index (χ1v) is 5.01. The summed E-state index contributed by atoms with van der Waals surface area (Å²) in [6.07, 6.45) is 0.538. The Morgan fingerprint density at radius 2 is 1.75 bits per heavy atom. The number of carbonyl (C=O) groups excluding carboxylic acids is 2. The first-order valence-electron chi connectivity index (χ1n) is 5.01. The van der Waals surface area contributed by atoms with E-state index in [0.717, 1.165) is 0 Å². The second-order valence-electron chi connectivity index (χ2n) is 3.77. The van der Waals surface area contributed by atoms with Crippen LogP contribution in [-0.4, -0.2) is 38.6 Å². The molecule has 0 aliphatic heterocycles. The Kier molecular flexibility index (Phi) is 18.0. The highest BCUT2D eigenvalue weighted by molar-refractivity contribution is 5.75. The van der Waals surface area contributed by atoms with Crippen LogP contribution in [0.3, 0.4) is 0 Å². The van der Waals surface area contributed by atoms with Gasteiger partial charge in [-0.1, -0.05) is 0 Å². The normalized spacial score (nSPS) is 8.94. The molecular formula is C11H25NO4. The lowest BCUT2D eigenvalue weighted by Crippen LogP contribution is -2.17. The molecule has 0 aliphatic rings. The minimum atomic E-state index is -0.318. The Balaban J connectivity index is -0.000000183. The lowest BCUT2D eigenvalue weighted by Gasteiger charge is -2.14. The summed E-state index contributed by atoms with van der Waals surface area (Å²) >= 11 is 0. The summed E-state index contributed by atoms with van der Waals surface area (Å²) in [6.45, 7) is 8.03. The van der Waals surface area contributed by atoms with Crippen LogP contribution in [0.5, 0.6) is 0 Å². The van der Waals surface area contributed by atoms with Crippen LogP contribution < -0.4 is 5.73 Å². The van der Waals surface area contributed by atoms with Crippen LogP contribution >= 0.6 is 0 Å². The molecule has 0 aliphatic carbocycles. The zero-order chi connectivity index (χ0) is 13.6. The topological polar surface area (TPSA) is 78.6 Å². The number of ether oxygens (including phenoxy) is 2. The molecule has 2 N–H and O–H groups in total. The first kappa shape index (κ1) is 20.5. The molecule has 0 heterocycles. The maximum atomic E-state index is 10.1. The number of ketones is 1. The van der Waals surface area contributed by atoms with E-state index in [1.165, 1.54) is 7.05 Å². The number of hydrogen-bond donors (Lipinski definition) is 1. The summed E-state index contributed by atoms with van der Waals surface area (Å²) in [6, 6.07) is 0. The fourth-order valence-electron chi connectivity index (χ4n) is 0.390. The van der Waals surface area contributed by atoms with E-state index in [1.54, 1.807) is 14.0 Å². The minimum absolute atomic E-state index is 0.182. The van der Waals surface area contributed by atoms with E-state index in [0.29, 0.717) is 19.5 Å². The molecule has 5 nitrogen and oxygen atoms in total. The second kappa shape index (κ2) is 14.1. The number of methoxy groups -OCH3 is 1. The van der Waals surface area contributed by atoms with Crippen LogP contribution in [-0.2, 0) is 19.1 Å². The van der Waals surface area contributed by atoms with Crippen LogP contribution in [0.4, 0.5) is 0 Å². The van der Waals surface area contributed by atoms with Crippen molar-refractivity contribution in [3.05, 3.63) is 0 Å². The van der Waals surface area contributed by atoms with Gasteiger partial charge in [-0.3, -0.25) is 9.59 Å². The molecule has 0 unspecified atom stereocenters. The van der Waals surface area contributed by atoms with Gasteiger partial charge in [0, 0.05) is 13.5 Å². The Morgan fingerprint density at radius 3 is 1.81 bits per heavy atom. The summed E-state index contributed by atoms with van der Waals surface area (Å²) in [5.41, 5.74) is 4.18. The van der Waals surface area contributed by atoms with Gasteiger partial charge < -0.3 is 15.2 Å². The van der Waals surface area contributed by atoms with Crippen molar-refractivity contribution < 1.29 is 19.1 Å². The van der Waals surface area contributed by atoms with Gasteiger partial charge in [0.15, 0.2) is 0 Å². The van der Waals surface area contributed by atoms with E-state index in [4.69, 9.17) is 0 Å². The number of nitrogens with two attached hydrogens (primary N) is 1. The van der Waals surface area contributed by atoms with Gasteiger partial charge in [-0.2, -0.15) is 0 Å². The lowest BCUT2D eigenvalue weighted by atomic mass is 10.2. The SMILES string of the molecule is CC(C)(C)OC=O.CN.COCCC(C)=O. The molecule has 0 aromatic carbocycles. The van der Waals surface area contributed by atoms with E-state index < -0.39 is 0 Å². The van der Waals surface area contributed by atoms with Gasteiger partial charge in [0.1, 0.15) is 11.4 Å². The fraction of sp³-hybridized carbons (Fsp3) is 0.818. The lowest BCUT2D eigenvalue weighted by molar-refractivity contribution is -0.138. The number of rotatable bonds is 4. The standard InChI is InChI=1S/2C5H10O2.CH5N/c1-5(2,3)7-4-6;1-5(6)3-4-7-2;1-2/h4H,1-3H3;3-4H2,1-2H3;2H2,1H3. The van der Waals surface area contributed by atoms with Gasteiger partial charge in [0.25, 0.3) is 6.47 Å². The summed E-state index contributed by atoms with van der Waals surface area (Å²) in [4.78, 5) is 19.7. The summed E-state index contributed by atoms with van der Waals surface area (Å²) in [7, 11) is 3.09. The average molecular weight is 235 g/mol. The highest BCUT2D eigenvalue weighted by Crippen LogP contribution is 2.02. The highest BCUT2D eigenvalue weighted by Gasteiger charge is 2.07. The van der Waals surface area contributed by atoms with Crippen LogP contribution in [0, 0.1) is 0 Å². The van der Waals surface area contributed by atoms with E-state index in [1.807, 2.05) is 20.8 Å². The van der Waals surface area contributed by atoms with E-state index in [-0.39, 0.29) is 11.4 Å². The summed E-state index contributed by atoms with van der Waals surface area (Å²) in [5.74, 6) is 0.182. The monoisotopic (exact) mass is 235 g/mol. The van der Waals surface area contributed by atoms with Crippen LogP contribution in [0.2, 0.25) is 0 Å². The molecule has 16 heavy (non-hydrogen) atoms. The molecular weight excluding hydrogens is 210 g/mol. The van der Waals surface area contributed by atoms with Gasteiger partial charge in [-0.15, -0.1) is 0 Å². The molecule has 0 radical (unpaired) electrons. The van der Waals surface area contributed by atoms with Crippen LogP contribution in [0.1, 0.15) is 34.1 Å². The highest BCUT2D eigenvalue weighted by atomic mass is 16.5. The van der Waals surface area contributed by atoms with Gasteiger partial charge in [0.2, 0.25) is 0 Å². The quantitative estimate of drug-likeness (QED) is 0.739. The molecule has 0 amide bonds. The maximum Gasteiger partial charge on any atom is 0.293 e. The zero-order valence-corrected chi connectivity index (χ0v) is 11.2. The van der Waals surface area contributed by atoms with Crippen molar-refractivity contribution >= 4 is 12.3 Å². The van der Waals surface area contributed by atoms with Gasteiger partial charge in [0.05, 0.1) is 6.61 Å². The van der Waals surface area contributed by atoms with E-state index in [2.05, 4.69) is 15.2 Å². The minimum Gasteiger partial charge on any atom is -0.462 e. The van der Waals surface area contributed by atoms with Crippen molar-refractivity contribution in [3.63, 3.8) is 0 Å². The van der Waals surface area contributed by atoms with Crippen molar-refractivity contribution in [1.29, 1.82) is 0 Å². The molecule has 0 saturated carbocycles. The van der Waals surface area contributed by atoms with Crippen molar-refractivity contribution in [2.24, 2.45) is 5.73 Å². The molecule has 0 aromatic heterocycles. The molecule has 0 aromatic rings. The number of carbonyl (C=O) groups is 2. The number of hydrogen-bond acceptors (Lipinski definition) is 5. The predicted octanol–water partition coefficient (Wildman–Crippen LogP) is 1.14. The summed E-state index contributed by atoms with van der Waals surface area (Å²) in [5, 5.41) is 0. The van der Waals surface area contributed by atoms with Crippen LogP contribution in [0.15, 0.2) is 0 Å². The summed E-state index contributed by atoms with van der Waals surface area (Å²) < 4.78 is 9.18. The molecule has 5 heteroatoms. The molecule has 0 spiro atoms. The van der Waals surface area contributed by atoms with Crippen molar-refractivity contribution in [1.82, 2.24) is 0 Å². The third-order valence-corrected chi connectivity index (χ3v) is 1.06. The maximum absolute atomic E-state index is 10.1. The van der Waals surface area contributed by atoms with E-state index in [9.17, 15) is 9.59 Å². The van der Waals surface area contributed by atoms with Gasteiger partial charge in [-0.25, -0.2) is 0 Å². The Morgan fingerprint density at radius 1 is 1.31 bits per heavy atom. The zero-order valence-electron chi connectivity index (χ0n) is 11.2. The number of Topliss-reactive ketones (excluding diaryl/α,β-unsaturated/α-hetero) is 1. The molecule has 0 rings (SSSR count). The van der Waals surface area contributed by atoms with Crippen LogP contribution in [0.25, 0.3) is 0 Å². The van der Waals surface area contributed by atoms with Gasteiger partial charge >= 0.3 is 0 Å². The fourth-order valence-corrected chi connectivity index (χ4v) is 0.390. The largest absolute Gasteiger partial charge is 0.462 e. The molecule has 0 atom stereocenters. The Bertz CT molecular complexity index is 164. The third-order valence-electron chi connectivity index (χ3n) is 1.06. The van der Waals surface area contributed by atoms with Crippen molar-refractivity contribution in [3.8, 4) is 0 Å². The Hall–Kier alpha value is -0.940. The Labute approximate surface area is 98.3 Å². The van der Waals surface area contributed by atoms with Crippen molar-refractivity contribution in [2.75, 3.05) is 20.8 Å².